The number of aromatic nitrogens is 1. The van der Waals surface area contributed by atoms with Gasteiger partial charge in [-0.1, -0.05) is 17.4 Å². The number of aliphatic hydroxyl groups excluding tert-OH is 1. The molecule has 1 saturated heterocycles. The van der Waals surface area contributed by atoms with Gasteiger partial charge in [0, 0.05) is 13.1 Å². The molecule has 4 nitrogen and oxygen atoms in total. The molecule has 0 unspecified atom stereocenters. The van der Waals surface area contributed by atoms with Crippen LogP contribution in [0.4, 0.5) is 5.13 Å². The van der Waals surface area contributed by atoms with Crippen molar-refractivity contribution >= 4 is 22.5 Å². The number of aryl methyl sites for hydroxylation is 1. The summed E-state index contributed by atoms with van der Waals surface area (Å²) in [7, 11) is 0. The smallest absolute Gasteiger partial charge is 0.186 e. The van der Waals surface area contributed by atoms with Crippen LogP contribution >= 0.6 is 11.3 Å². The Morgan fingerprint density at radius 1 is 1.50 bits per heavy atom. The SMILES string of the molecule is Cc1nc(N2CCOCC2)sc1C=CCO. The third-order valence-corrected chi connectivity index (χ3v) is 3.66. The van der Waals surface area contributed by atoms with E-state index in [1.54, 1.807) is 17.4 Å². The van der Waals surface area contributed by atoms with Crippen LogP contribution in [-0.4, -0.2) is 43.0 Å². The van der Waals surface area contributed by atoms with E-state index in [9.17, 15) is 0 Å². The average Bonchev–Trinajstić information content (AvgIpc) is 2.69. The van der Waals surface area contributed by atoms with Gasteiger partial charge >= 0.3 is 0 Å². The van der Waals surface area contributed by atoms with Gasteiger partial charge in [-0.05, 0) is 13.0 Å². The number of rotatable bonds is 3. The Balaban J connectivity index is 2.12. The fraction of sp³-hybridized carbons (Fsp3) is 0.545. The van der Waals surface area contributed by atoms with Crippen molar-refractivity contribution in [2.45, 2.75) is 6.92 Å². The number of ether oxygens (including phenoxy) is 1. The van der Waals surface area contributed by atoms with Gasteiger partial charge in [0.2, 0.25) is 0 Å². The van der Waals surface area contributed by atoms with Gasteiger partial charge in [-0.25, -0.2) is 4.98 Å². The second-order valence-electron chi connectivity index (χ2n) is 3.63. The van der Waals surface area contributed by atoms with E-state index in [0.717, 1.165) is 42.0 Å². The van der Waals surface area contributed by atoms with Crippen molar-refractivity contribution in [1.82, 2.24) is 4.98 Å². The van der Waals surface area contributed by atoms with Gasteiger partial charge in [0.15, 0.2) is 5.13 Å². The predicted octanol–water partition coefficient (Wildman–Crippen LogP) is 1.29. The molecule has 1 N–H and O–H groups in total. The number of aliphatic hydroxyl groups is 1. The maximum Gasteiger partial charge on any atom is 0.186 e. The molecule has 1 aliphatic rings. The summed E-state index contributed by atoms with van der Waals surface area (Å²) >= 11 is 1.67. The quantitative estimate of drug-likeness (QED) is 0.865. The molecule has 0 radical (unpaired) electrons. The van der Waals surface area contributed by atoms with Crippen molar-refractivity contribution in [2.75, 3.05) is 37.8 Å². The Labute approximate surface area is 99.2 Å². The molecule has 0 aromatic carbocycles. The van der Waals surface area contributed by atoms with E-state index < -0.39 is 0 Å². The number of thiazole rings is 1. The second kappa shape index (κ2) is 5.43. The molecule has 0 amide bonds. The van der Waals surface area contributed by atoms with Crippen LogP contribution in [0.15, 0.2) is 6.08 Å². The van der Waals surface area contributed by atoms with Gasteiger partial charge in [-0.2, -0.15) is 0 Å². The van der Waals surface area contributed by atoms with E-state index in [-0.39, 0.29) is 6.61 Å². The van der Waals surface area contributed by atoms with E-state index in [2.05, 4.69) is 9.88 Å². The zero-order chi connectivity index (χ0) is 11.4. The summed E-state index contributed by atoms with van der Waals surface area (Å²) in [5.74, 6) is 0. The van der Waals surface area contributed by atoms with Crippen molar-refractivity contribution in [3.05, 3.63) is 16.6 Å². The number of hydrogen-bond acceptors (Lipinski definition) is 5. The van der Waals surface area contributed by atoms with Gasteiger partial charge in [-0.3, -0.25) is 0 Å². The van der Waals surface area contributed by atoms with Crippen LogP contribution < -0.4 is 4.90 Å². The lowest BCUT2D eigenvalue weighted by molar-refractivity contribution is 0.122. The van der Waals surface area contributed by atoms with E-state index in [1.165, 1.54) is 0 Å². The lowest BCUT2D eigenvalue weighted by Gasteiger charge is -2.25. The summed E-state index contributed by atoms with van der Waals surface area (Å²) in [4.78, 5) is 7.91. The van der Waals surface area contributed by atoms with Gasteiger partial charge in [-0.15, -0.1) is 0 Å². The summed E-state index contributed by atoms with van der Waals surface area (Å²) in [6.45, 7) is 5.45. The minimum atomic E-state index is 0.0736. The van der Waals surface area contributed by atoms with E-state index in [1.807, 2.05) is 13.0 Å². The highest BCUT2D eigenvalue weighted by molar-refractivity contribution is 7.16. The second-order valence-corrected chi connectivity index (χ2v) is 4.64. The van der Waals surface area contributed by atoms with Crippen LogP contribution in [0.2, 0.25) is 0 Å². The van der Waals surface area contributed by atoms with Crippen LogP contribution in [0.3, 0.4) is 0 Å². The highest BCUT2D eigenvalue weighted by Crippen LogP contribution is 2.27. The summed E-state index contributed by atoms with van der Waals surface area (Å²) in [6, 6.07) is 0. The minimum Gasteiger partial charge on any atom is -0.392 e. The van der Waals surface area contributed by atoms with Gasteiger partial charge in [0.05, 0.1) is 30.4 Å². The number of nitrogens with zero attached hydrogens (tertiary/aromatic N) is 2. The zero-order valence-electron chi connectivity index (χ0n) is 9.35. The highest BCUT2D eigenvalue weighted by atomic mass is 32.1. The van der Waals surface area contributed by atoms with E-state index in [0.29, 0.717) is 0 Å². The van der Waals surface area contributed by atoms with Crippen LogP contribution in [-0.2, 0) is 4.74 Å². The molecule has 0 saturated carbocycles. The third kappa shape index (κ3) is 2.61. The molecular formula is C11H16N2O2S. The standard InChI is InChI=1S/C11H16N2O2S/c1-9-10(3-2-6-14)16-11(12-9)13-4-7-15-8-5-13/h2-3,14H,4-8H2,1H3. The lowest BCUT2D eigenvalue weighted by atomic mass is 10.3. The minimum absolute atomic E-state index is 0.0736. The highest BCUT2D eigenvalue weighted by Gasteiger charge is 2.15. The third-order valence-electron chi connectivity index (χ3n) is 2.48. The van der Waals surface area contributed by atoms with Crippen LogP contribution in [0.5, 0.6) is 0 Å². The van der Waals surface area contributed by atoms with Gasteiger partial charge < -0.3 is 14.7 Å². The largest absolute Gasteiger partial charge is 0.392 e. The predicted molar refractivity (Wildman–Crippen MR) is 66.0 cm³/mol. The van der Waals surface area contributed by atoms with Crippen molar-refractivity contribution < 1.29 is 9.84 Å². The summed E-state index contributed by atoms with van der Waals surface area (Å²) in [5, 5.41) is 9.80. The lowest BCUT2D eigenvalue weighted by Crippen LogP contribution is -2.36. The Kier molecular flexibility index (Phi) is 3.93. The molecule has 0 aliphatic carbocycles. The Hall–Kier alpha value is -0.910. The first kappa shape index (κ1) is 11.6. The number of morpholine rings is 1. The fourth-order valence-corrected chi connectivity index (χ4v) is 2.65. The summed E-state index contributed by atoms with van der Waals surface area (Å²) in [6.07, 6.45) is 3.67. The maximum atomic E-state index is 8.74. The van der Waals surface area contributed by atoms with Crippen molar-refractivity contribution in [1.29, 1.82) is 0 Å². The first-order valence-electron chi connectivity index (χ1n) is 5.39. The molecule has 0 atom stereocenters. The molecule has 88 valence electrons. The Bertz CT molecular complexity index is 370. The average molecular weight is 240 g/mol. The van der Waals surface area contributed by atoms with Crippen LogP contribution in [0, 0.1) is 6.92 Å². The van der Waals surface area contributed by atoms with E-state index >= 15 is 0 Å². The molecule has 1 aliphatic heterocycles. The topological polar surface area (TPSA) is 45.6 Å². The Morgan fingerprint density at radius 3 is 2.94 bits per heavy atom. The molecular weight excluding hydrogens is 224 g/mol. The number of hydrogen-bond donors (Lipinski definition) is 1. The fourth-order valence-electron chi connectivity index (χ4n) is 1.60. The normalized spacial score (nSPS) is 17.2. The number of anilines is 1. The molecule has 2 rings (SSSR count). The van der Waals surface area contributed by atoms with Gasteiger partial charge in [0.25, 0.3) is 0 Å². The van der Waals surface area contributed by atoms with Gasteiger partial charge in [0.1, 0.15) is 0 Å². The van der Waals surface area contributed by atoms with Crippen molar-refractivity contribution in [3.63, 3.8) is 0 Å². The molecule has 5 heteroatoms. The molecule has 0 bridgehead atoms. The van der Waals surface area contributed by atoms with Crippen LogP contribution in [0.1, 0.15) is 10.6 Å². The molecule has 2 heterocycles. The summed E-state index contributed by atoms with van der Waals surface area (Å²) < 4.78 is 5.31. The van der Waals surface area contributed by atoms with Crippen molar-refractivity contribution in [3.8, 4) is 0 Å². The maximum absolute atomic E-state index is 8.74. The van der Waals surface area contributed by atoms with E-state index in [4.69, 9.17) is 9.84 Å². The monoisotopic (exact) mass is 240 g/mol. The van der Waals surface area contributed by atoms with Crippen LogP contribution in [0.25, 0.3) is 6.08 Å². The molecule has 1 aromatic rings. The summed E-state index contributed by atoms with van der Waals surface area (Å²) in [5.41, 5.74) is 1.02. The zero-order valence-corrected chi connectivity index (χ0v) is 10.2. The molecule has 0 spiro atoms. The molecule has 16 heavy (non-hydrogen) atoms. The first-order valence-corrected chi connectivity index (χ1v) is 6.20. The first-order chi connectivity index (χ1) is 7.81. The molecule has 1 aromatic heterocycles. The molecule has 1 fully saturated rings. The Morgan fingerprint density at radius 2 is 2.25 bits per heavy atom. The van der Waals surface area contributed by atoms with Crippen molar-refractivity contribution in [2.24, 2.45) is 0 Å².